The Hall–Kier alpha value is -1.77. The lowest BCUT2D eigenvalue weighted by molar-refractivity contribution is 0.627. The lowest BCUT2D eigenvalue weighted by Gasteiger charge is -2.13. The first kappa shape index (κ1) is 13.7. The fourth-order valence-electron chi connectivity index (χ4n) is 1.57. The van der Waals surface area contributed by atoms with Crippen molar-refractivity contribution in [3.05, 3.63) is 51.2 Å². The highest BCUT2D eigenvalue weighted by molar-refractivity contribution is 9.10. The predicted molar refractivity (Wildman–Crippen MR) is 78.0 cm³/mol. The molecule has 0 atom stereocenters. The highest BCUT2D eigenvalue weighted by atomic mass is 79.9. The number of nitrogens with zero attached hydrogens (tertiary/aromatic N) is 1. The molecule has 0 radical (unpaired) electrons. The van der Waals surface area contributed by atoms with Crippen molar-refractivity contribution in [2.75, 3.05) is 11.1 Å². The number of rotatable bonds is 2. The number of halogens is 3. The van der Waals surface area contributed by atoms with Gasteiger partial charge in [0.15, 0.2) is 0 Å². The summed E-state index contributed by atoms with van der Waals surface area (Å²) in [5.41, 5.74) is 7.56. The number of anilines is 3. The smallest absolute Gasteiger partial charge is 0.125 e. The number of hydrogen-bond acceptors (Lipinski definition) is 3. The Kier molecular flexibility index (Phi) is 3.93. The maximum atomic E-state index is 13.1. The molecule has 0 aliphatic carbocycles. The number of nitriles is 1. The fourth-order valence-corrected chi connectivity index (χ4v) is 2.47. The summed E-state index contributed by atoms with van der Waals surface area (Å²) in [4.78, 5) is 0. The highest BCUT2D eigenvalue weighted by Gasteiger charge is 2.11. The molecule has 0 aliphatic heterocycles. The summed E-state index contributed by atoms with van der Waals surface area (Å²) in [6.07, 6.45) is 0. The van der Waals surface area contributed by atoms with Crippen LogP contribution in [0.2, 0.25) is 5.02 Å². The summed E-state index contributed by atoms with van der Waals surface area (Å²) < 4.78 is 13.6. The minimum atomic E-state index is -0.443. The van der Waals surface area contributed by atoms with E-state index in [2.05, 4.69) is 21.2 Å². The average Bonchev–Trinajstić information content (AvgIpc) is 2.35. The number of nitrogen functional groups attached to an aromatic ring is 1. The van der Waals surface area contributed by atoms with Gasteiger partial charge in [0.25, 0.3) is 0 Å². The van der Waals surface area contributed by atoms with E-state index in [0.29, 0.717) is 27.1 Å². The van der Waals surface area contributed by atoms with Crippen LogP contribution in [0.5, 0.6) is 0 Å². The third kappa shape index (κ3) is 2.80. The Balaban J connectivity index is 2.46. The minimum absolute atomic E-state index is 0.216. The van der Waals surface area contributed by atoms with Crippen molar-refractivity contribution in [3.8, 4) is 6.07 Å². The molecule has 96 valence electrons. The lowest BCUT2D eigenvalue weighted by atomic mass is 10.1. The van der Waals surface area contributed by atoms with Gasteiger partial charge < -0.3 is 11.1 Å². The molecule has 0 aromatic heterocycles. The van der Waals surface area contributed by atoms with Gasteiger partial charge in [-0.1, -0.05) is 17.7 Å². The molecule has 6 heteroatoms. The van der Waals surface area contributed by atoms with E-state index < -0.39 is 5.82 Å². The highest BCUT2D eigenvalue weighted by Crippen LogP contribution is 2.36. The predicted octanol–water partition coefficient (Wildman–Crippen LogP) is 4.44. The molecular formula is C13H8BrClFN3. The van der Waals surface area contributed by atoms with Gasteiger partial charge in [-0.2, -0.15) is 5.26 Å². The van der Waals surface area contributed by atoms with Gasteiger partial charge in [-0.05, 0) is 40.2 Å². The summed E-state index contributed by atoms with van der Waals surface area (Å²) in [5.74, 6) is -0.443. The van der Waals surface area contributed by atoms with Crippen molar-refractivity contribution in [3.63, 3.8) is 0 Å². The Bertz CT molecular complexity index is 659. The van der Waals surface area contributed by atoms with Gasteiger partial charge in [-0.15, -0.1) is 0 Å². The number of nitrogens with two attached hydrogens (primary N) is 1. The summed E-state index contributed by atoms with van der Waals surface area (Å²) in [6, 6.07) is 9.49. The SMILES string of the molecule is N#Cc1cccc(Nc2c(Cl)cc(F)cc2Br)c1N. The molecule has 0 bridgehead atoms. The van der Waals surface area contributed by atoms with Crippen molar-refractivity contribution in [1.82, 2.24) is 0 Å². The maximum Gasteiger partial charge on any atom is 0.125 e. The van der Waals surface area contributed by atoms with Crippen LogP contribution in [0.4, 0.5) is 21.5 Å². The van der Waals surface area contributed by atoms with E-state index in [9.17, 15) is 4.39 Å². The van der Waals surface area contributed by atoms with Crippen molar-refractivity contribution in [2.45, 2.75) is 0 Å². The zero-order valence-corrected chi connectivity index (χ0v) is 11.9. The van der Waals surface area contributed by atoms with Gasteiger partial charge >= 0.3 is 0 Å². The van der Waals surface area contributed by atoms with Crippen LogP contribution in [0.1, 0.15) is 5.56 Å². The van der Waals surface area contributed by atoms with Gasteiger partial charge in [0.05, 0.1) is 27.6 Å². The zero-order valence-electron chi connectivity index (χ0n) is 9.55. The molecule has 19 heavy (non-hydrogen) atoms. The first-order valence-electron chi connectivity index (χ1n) is 5.23. The minimum Gasteiger partial charge on any atom is -0.396 e. The topological polar surface area (TPSA) is 61.8 Å². The monoisotopic (exact) mass is 339 g/mol. The second kappa shape index (κ2) is 5.47. The summed E-state index contributed by atoms with van der Waals surface area (Å²) in [6.45, 7) is 0. The summed E-state index contributed by atoms with van der Waals surface area (Å²) >= 11 is 9.20. The second-order valence-electron chi connectivity index (χ2n) is 3.75. The summed E-state index contributed by atoms with van der Waals surface area (Å²) in [5, 5.41) is 12.1. The van der Waals surface area contributed by atoms with E-state index in [0.717, 1.165) is 0 Å². The number of nitrogens with one attached hydrogen (secondary N) is 1. The first-order chi connectivity index (χ1) is 9.02. The third-order valence-corrected chi connectivity index (χ3v) is 3.42. The standard InChI is InChI=1S/C13H8BrClFN3/c14-9-4-8(16)5-10(15)13(9)19-11-3-1-2-7(6-17)12(11)18/h1-5,19H,18H2. The van der Waals surface area contributed by atoms with Crippen molar-refractivity contribution >= 4 is 44.6 Å². The first-order valence-corrected chi connectivity index (χ1v) is 6.40. The molecule has 0 heterocycles. The van der Waals surface area contributed by atoms with E-state index in [1.54, 1.807) is 18.2 Å². The van der Waals surface area contributed by atoms with Crippen LogP contribution in [0.3, 0.4) is 0 Å². The molecule has 3 N–H and O–H groups in total. The molecule has 0 saturated heterocycles. The molecule has 3 nitrogen and oxygen atoms in total. The molecule has 0 aliphatic rings. The van der Waals surface area contributed by atoms with Crippen molar-refractivity contribution in [1.29, 1.82) is 5.26 Å². The van der Waals surface area contributed by atoms with Crippen LogP contribution in [0.15, 0.2) is 34.8 Å². The molecule has 0 saturated carbocycles. The molecule has 0 fully saturated rings. The van der Waals surface area contributed by atoms with E-state index in [1.165, 1.54) is 12.1 Å². The van der Waals surface area contributed by atoms with Gasteiger partial charge in [0.2, 0.25) is 0 Å². The quantitative estimate of drug-likeness (QED) is 0.795. The molecule has 0 spiro atoms. The number of para-hydroxylation sites is 1. The average molecular weight is 341 g/mol. The van der Waals surface area contributed by atoms with Gasteiger partial charge in [-0.25, -0.2) is 4.39 Å². The molecular weight excluding hydrogens is 333 g/mol. The third-order valence-electron chi connectivity index (χ3n) is 2.49. The molecule has 2 aromatic carbocycles. The van der Waals surface area contributed by atoms with Crippen LogP contribution in [-0.2, 0) is 0 Å². The normalized spacial score (nSPS) is 10.0. The molecule has 2 aromatic rings. The van der Waals surface area contributed by atoms with Crippen LogP contribution in [0.25, 0.3) is 0 Å². The van der Waals surface area contributed by atoms with E-state index in [1.807, 2.05) is 6.07 Å². The number of benzene rings is 2. The molecule has 0 amide bonds. The largest absolute Gasteiger partial charge is 0.396 e. The summed E-state index contributed by atoms with van der Waals surface area (Å²) in [7, 11) is 0. The second-order valence-corrected chi connectivity index (χ2v) is 5.01. The van der Waals surface area contributed by atoms with E-state index >= 15 is 0 Å². The number of hydrogen-bond donors (Lipinski definition) is 2. The lowest BCUT2D eigenvalue weighted by Crippen LogP contribution is -2.00. The van der Waals surface area contributed by atoms with Crippen LogP contribution in [0, 0.1) is 17.1 Å². The van der Waals surface area contributed by atoms with E-state index in [-0.39, 0.29) is 5.02 Å². The van der Waals surface area contributed by atoms with Crippen molar-refractivity contribution < 1.29 is 4.39 Å². The molecule has 2 rings (SSSR count). The fraction of sp³-hybridized carbons (Fsp3) is 0. The Morgan fingerprint density at radius 1 is 1.37 bits per heavy atom. The zero-order chi connectivity index (χ0) is 14.0. The maximum absolute atomic E-state index is 13.1. The van der Waals surface area contributed by atoms with Gasteiger partial charge in [0.1, 0.15) is 11.9 Å². The van der Waals surface area contributed by atoms with Crippen LogP contribution in [-0.4, -0.2) is 0 Å². The molecule has 0 unspecified atom stereocenters. The van der Waals surface area contributed by atoms with Crippen LogP contribution >= 0.6 is 27.5 Å². The van der Waals surface area contributed by atoms with E-state index in [4.69, 9.17) is 22.6 Å². The van der Waals surface area contributed by atoms with Crippen LogP contribution < -0.4 is 11.1 Å². The van der Waals surface area contributed by atoms with Crippen molar-refractivity contribution in [2.24, 2.45) is 0 Å². The Morgan fingerprint density at radius 2 is 2.11 bits per heavy atom. The Morgan fingerprint density at radius 3 is 2.74 bits per heavy atom. The Labute approximate surface area is 122 Å². The van der Waals surface area contributed by atoms with Gasteiger partial charge in [-0.3, -0.25) is 0 Å². The van der Waals surface area contributed by atoms with Gasteiger partial charge in [0, 0.05) is 4.47 Å².